The van der Waals surface area contributed by atoms with Crippen molar-refractivity contribution >= 4 is 16.8 Å². The zero-order valence-corrected chi connectivity index (χ0v) is 19.9. The molecule has 0 radical (unpaired) electrons. The number of carbonyl (C=O) groups is 1. The Hall–Kier alpha value is -3.71. The SMILES string of the molecule is CCOc1cc(C(=O)N(Cc2cccc3cn[nH]c23)C2CC(NC)C2)ccc1-c1cccc(F)c1. The van der Waals surface area contributed by atoms with Crippen LogP contribution in [0.1, 0.15) is 35.7 Å². The number of carbonyl (C=O) groups excluding carboxylic acids is 1. The van der Waals surface area contributed by atoms with E-state index in [2.05, 4.69) is 15.5 Å². The second-order valence-electron chi connectivity index (χ2n) is 8.95. The van der Waals surface area contributed by atoms with Gasteiger partial charge in [0.2, 0.25) is 0 Å². The van der Waals surface area contributed by atoms with Gasteiger partial charge in [0.15, 0.2) is 0 Å². The summed E-state index contributed by atoms with van der Waals surface area (Å²) in [5.41, 5.74) is 4.01. The van der Waals surface area contributed by atoms with E-state index in [1.165, 1.54) is 12.1 Å². The summed E-state index contributed by atoms with van der Waals surface area (Å²) in [5.74, 6) is 0.211. The number of amides is 1. The Balaban J connectivity index is 1.49. The molecule has 180 valence electrons. The van der Waals surface area contributed by atoms with Crippen LogP contribution in [0.3, 0.4) is 0 Å². The monoisotopic (exact) mass is 472 g/mol. The number of nitrogens with zero attached hydrogens (tertiary/aromatic N) is 2. The fourth-order valence-electron chi connectivity index (χ4n) is 4.78. The van der Waals surface area contributed by atoms with Crippen LogP contribution in [0.25, 0.3) is 22.0 Å². The van der Waals surface area contributed by atoms with E-state index < -0.39 is 0 Å². The first-order valence-corrected chi connectivity index (χ1v) is 12.0. The average molecular weight is 473 g/mol. The molecule has 1 heterocycles. The number of ether oxygens (including phenoxy) is 1. The van der Waals surface area contributed by atoms with Crippen LogP contribution in [0, 0.1) is 5.82 Å². The smallest absolute Gasteiger partial charge is 0.254 e. The molecule has 1 aromatic heterocycles. The summed E-state index contributed by atoms with van der Waals surface area (Å²) in [7, 11) is 1.96. The lowest BCUT2D eigenvalue weighted by Gasteiger charge is -2.43. The molecule has 5 rings (SSSR count). The highest BCUT2D eigenvalue weighted by Crippen LogP contribution is 2.34. The number of fused-ring (bicyclic) bond motifs is 1. The minimum atomic E-state index is -0.312. The highest BCUT2D eigenvalue weighted by molar-refractivity contribution is 5.96. The number of hydrogen-bond donors (Lipinski definition) is 2. The molecular weight excluding hydrogens is 443 g/mol. The van der Waals surface area contributed by atoms with Crippen LogP contribution in [0.2, 0.25) is 0 Å². The van der Waals surface area contributed by atoms with E-state index in [1.807, 2.05) is 55.3 Å². The van der Waals surface area contributed by atoms with E-state index in [9.17, 15) is 9.18 Å². The lowest BCUT2D eigenvalue weighted by Crippen LogP contribution is -2.53. The topological polar surface area (TPSA) is 70.2 Å². The molecular formula is C28H29FN4O2. The van der Waals surface area contributed by atoms with Crippen LogP contribution in [-0.4, -0.2) is 46.7 Å². The second kappa shape index (κ2) is 9.88. The Morgan fingerprint density at radius 1 is 1.17 bits per heavy atom. The van der Waals surface area contributed by atoms with Gasteiger partial charge in [0, 0.05) is 35.1 Å². The van der Waals surface area contributed by atoms with Crippen molar-refractivity contribution in [2.45, 2.75) is 38.4 Å². The van der Waals surface area contributed by atoms with Crippen molar-refractivity contribution in [3.8, 4) is 16.9 Å². The number of benzene rings is 3. The van der Waals surface area contributed by atoms with Crippen LogP contribution in [0.15, 0.2) is 66.9 Å². The van der Waals surface area contributed by atoms with Crippen LogP contribution >= 0.6 is 0 Å². The Bertz CT molecular complexity index is 1350. The van der Waals surface area contributed by atoms with Gasteiger partial charge in [-0.3, -0.25) is 9.89 Å². The molecule has 6 nitrogen and oxygen atoms in total. The molecule has 0 atom stereocenters. The Morgan fingerprint density at radius 3 is 2.77 bits per heavy atom. The Morgan fingerprint density at radius 2 is 2.00 bits per heavy atom. The number of hydrogen-bond acceptors (Lipinski definition) is 4. The fraction of sp³-hybridized carbons (Fsp3) is 0.286. The summed E-state index contributed by atoms with van der Waals surface area (Å²) in [4.78, 5) is 15.8. The molecule has 0 unspecified atom stereocenters. The molecule has 1 fully saturated rings. The largest absolute Gasteiger partial charge is 0.493 e. The van der Waals surface area contributed by atoms with Gasteiger partial charge in [-0.15, -0.1) is 0 Å². The van der Waals surface area contributed by atoms with Crippen LogP contribution in [0.4, 0.5) is 4.39 Å². The molecule has 0 spiro atoms. The van der Waals surface area contributed by atoms with Gasteiger partial charge >= 0.3 is 0 Å². The summed E-state index contributed by atoms with van der Waals surface area (Å²) >= 11 is 0. The molecule has 0 aliphatic heterocycles. The summed E-state index contributed by atoms with van der Waals surface area (Å²) in [5, 5.41) is 11.6. The average Bonchev–Trinajstić information content (AvgIpc) is 3.32. The summed E-state index contributed by atoms with van der Waals surface area (Å²) in [6.07, 6.45) is 3.60. The minimum Gasteiger partial charge on any atom is -0.493 e. The molecule has 7 heteroatoms. The van der Waals surface area contributed by atoms with Crippen molar-refractivity contribution in [2.75, 3.05) is 13.7 Å². The van der Waals surface area contributed by atoms with E-state index >= 15 is 0 Å². The van der Waals surface area contributed by atoms with Gasteiger partial charge in [0.1, 0.15) is 11.6 Å². The first-order valence-electron chi connectivity index (χ1n) is 12.0. The maximum absolute atomic E-state index is 13.9. The van der Waals surface area contributed by atoms with E-state index in [0.717, 1.165) is 34.9 Å². The predicted molar refractivity (Wildman–Crippen MR) is 135 cm³/mol. The van der Waals surface area contributed by atoms with Crippen LogP contribution in [0.5, 0.6) is 5.75 Å². The standard InChI is InChI=1S/C28H29FN4O2/c1-3-35-26-13-19(10-11-25(26)18-6-5-9-22(29)12-18)28(34)33(24-14-23(15-24)30-2)17-21-8-4-7-20-16-31-32-27(20)21/h4-13,16,23-24,30H,3,14-15,17H2,1-2H3,(H,31,32). The number of halogens is 1. The van der Waals surface area contributed by atoms with Gasteiger partial charge < -0.3 is 15.0 Å². The van der Waals surface area contributed by atoms with Crippen molar-refractivity contribution in [1.82, 2.24) is 20.4 Å². The summed E-state index contributed by atoms with van der Waals surface area (Å²) in [6.45, 7) is 2.82. The zero-order chi connectivity index (χ0) is 24.4. The number of aromatic amines is 1. The molecule has 2 N–H and O–H groups in total. The van der Waals surface area contributed by atoms with Gasteiger partial charge in [0.05, 0.1) is 18.3 Å². The van der Waals surface area contributed by atoms with E-state index in [-0.39, 0.29) is 17.8 Å². The molecule has 1 aliphatic carbocycles. The quantitative estimate of drug-likeness (QED) is 0.372. The summed E-state index contributed by atoms with van der Waals surface area (Å²) in [6, 6.07) is 18.4. The van der Waals surface area contributed by atoms with Crippen LogP contribution in [-0.2, 0) is 6.54 Å². The molecule has 1 amide bonds. The normalized spacial score (nSPS) is 17.2. The maximum Gasteiger partial charge on any atom is 0.254 e. The molecule has 35 heavy (non-hydrogen) atoms. The minimum absolute atomic E-state index is 0.0483. The molecule has 0 saturated heterocycles. The summed E-state index contributed by atoms with van der Waals surface area (Å²) < 4.78 is 19.7. The Kier molecular flexibility index (Phi) is 6.51. The fourth-order valence-corrected chi connectivity index (χ4v) is 4.78. The second-order valence-corrected chi connectivity index (χ2v) is 8.95. The molecule has 4 aromatic rings. The maximum atomic E-state index is 13.9. The van der Waals surface area contributed by atoms with E-state index in [0.29, 0.717) is 36.1 Å². The first kappa shape index (κ1) is 23.1. The van der Waals surface area contributed by atoms with E-state index in [4.69, 9.17) is 4.74 Å². The number of H-pyrrole nitrogens is 1. The van der Waals surface area contributed by atoms with Crippen molar-refractivity contribution in [1.29, 1.82) is 0 Å². The number of rotatable bonds is 8. The van der Waals surface area contributed by atoms with Crippen molar-refractivity contribution < 1.29 is 13.9 Å². The molecule has 3 aromatic carbocycles. The third-order valence-corrected chi connectivity index (χ3v) is 6.79. The predicted octanol–water partition coefficient (Wildman–Crippen LogP) is 5.16. The van der Waals surface area contributed by atoms with E-state index in [1.54, 1.807) is 18.3 Å². The lowest BCUT2D eigenvalue weighted by atomic mass is 9.85. The van der Waals surface area contributed by atoms with Crippen molar-refractivity contribution in [3.63, 3.8) is 0 Å². The number of para-hydroxylation sites is 1. The van der Waals surface area contributed by atoms with Gasteiger partial charge in [-0.05, 0) is 68.3 Å². The van der Waals surface area contributed by atoms with Gasteiger partial charge in [0.25, 0.3) is 5.91 Å². The van der Waals surface area contributed by atoms with Crippen molar-refractivity contribution in [3.05, 3.63) is 83.8 Å². The molecule has 1 saturated carbocycles. The molecule has 1 aliphatic rings. The van der Waals surface area contributed by atoms with Crippen molar-refractivity contribution in [2.24, 2.45) is 0 Å². The number of aromatic nitrogens is 2. The number of nitrogens with one attached hydrogen (secondary N) is 2. The highest BCUT2D eigenvalue weighted by atomic mass is 19.1. The van der Waals surface area contributed by atoms with Crippen LogP contribution < -0.4 is 10.1 Å². The zero-order valence-electron chi connectivity index (χ0n) is 19.9. The lowest BCUT2D eigenvalue weighted by molar-refractivity contribution is 0.0498. The van der Waals surface area contributed by atoms with Gasteiger partial charge in [-0.1, -0.05) is 30.3 Å². The third kappa shape index (κ3) is 4.64. The molecule has 0 bridgehead atoms. The first-order chi connectivity index (χ1) is 17.1. The Labute approximate surface area is 204 Å². The van der Waals surface area contributed by atoms with Gasteiger partial charge in [-0.2, -0.15) is 5.10 Å². The van der Waals surface area contributed by atoms with Gasteiger partial charge in [-0.25, -0.2) is 4.39 Å². The third-order valence-electron chi connectivity index (χ3n) is 6.79. The highest BCUT2D eigenvalue weighted by Gasteiger charge is 2.36.